The number of piperidine rings is 3. The highest BCUT2D eigenvalue weighted by Gasteiger charge is 2.37. The van der Waals surface area contributed by atoms with Crippen LogP contribution in [0.5, 0.6) is 0 Å². The van der Waals surface area contributed by atoms with E-state index in [0.717, 1.165) is 32.2 Å². The van der Waals surface area contributed by atoms with Crippen LogP contribution in [-0.4, -0.2) is 64.2 Å². The van der Waals surface area contributed by atoms with Crippen LogP contribution in [0.2, 0.25) is 0 Å². The second kappa shape index (κ2) is 6.94. The summed E-state index contributed by atoms with van der Waals surface area (Å²) in [6.07, 6.45) is 8.01. The first-order chi connectivity index (χ1) is 12.1. The van der Waals surface area contributed by atoms with E-state index in [9.17, 15) is 4.79 Å². The monoisotopic (exact) mass is 347 g/mol. The van der Waals surface area contributed by atoms with Gasteiger partial charge in [-0.15, -0.1) is 0 Å². The lowest BCUT2D eigenvalue weighted by Crippen LogP contribution is -2.57. The van der Waals surface area contributed by atoms with E-state index in [-0.39, 0.29) is 11.9 Å². The number of likely N-dealkylation sites (tertiary alicyclic amines) is 1. The molecule has 3 fully saturated rings. The fourth-order valence-corrected chi connectivity index (χ4v) is 4.84. The molecular formula is C18H29N5O2. The number of hydrogen-bond acceptors (Lipinski definition) is 5. The Hall–Kier alpha value is -1.63. The van der Waals surface area contributed by atoms with Gasteiger partial charge in [-0.25, -0.2) is 4.79 Å². The molecule has 4 rings (SSSR count). The van der Waals surface area contributed by atoms with Crippen LogP contribution in [0.1, 0.15) is 62.6 Å². The third-order valence-corrected chi connectivity index (χ3v) is 6.27. The molecule has 7 nitrogen and oxygen atoms in total. The summed E-state index contributed by atoms with van der Waals surface area (Å²) in [7, 11) is 2.24. The second-order valence-corrected chi connectivity index (χ2v) is 7.99. The minimum atomic E-state index is 0.0774. The molecule has 1 N–H and O–H groups in total. The molecule has 3 saturated heterocycles. The molecule has 1 aromatic heterocycles. The second-order valence-electron chi connectivity index (χ2n) is 7.99. The summed E-state index contributed by atoms with van der Waals surface area (Å²) in [5.41, 5.74) is 0. The Balaban J connectivity index is 1.35. The zero-order valence-electron chi connectivity index (χ0n) is 15.3. The Morgan fingerprint density at radius 1 is 1.20 bits per heavy atom. The smallest absolute Gasteiger partial charge is 0.317 e. The lowest BCUT2D eigenvalue weighted by Gasteiger charge is -2.47. The van der Waals surface area contributed by atoms with Gasteiger partial charge in [0.15, 0.2) is 5.82 Å². The summed E-state index contributed by atoms with van der Waals surface area (Å²) >= 11 is 0. The van der Waals surface area contributed by atoms with Crippen LogP contribution in [0.25, 0.3) is 0 Å². The molecule has 1 aromatic rings. The zero-order chi connectivity index (χ0) is 17.4. The van der Waals surface area contributed by atoms with E-state index in [1.165, 1.54) is 19.3 Å². The maximum atomic E-state index is 12.8. The normalized spacial score (nSPS) is 33.3. The molecule has 0 spiro atoms. The molecule has 3 unspecified atom stereocenters. The van der Waals surface area contributed by atoms with Gasteiger partial charge in [0.05, 0.1) is 5.92 Å². The van der Waals surface area contributed by atoms with E-state index in [2.05, 4.69) is 27.4 Å². The summed E-state index contributed by atoms with van der Waals surface area (Å²) in [5.74, 6) is 1.50. The molecule has 0 saturated carbocycles. The third kappa shape index (κ3) is 3.52. The average molecular weight is 347 g/mol. The van der Waals surface area contributed by atoms with Crippen molar-refractivity contribution in [2.75, 3.05) is 20.1 Å². The number of amides is 2. The number of carbonyl (C=O) groups is 1. The van der Waals surface area contributed by atoms with E-state index in [1.807, 2.05) is 11.8 Å². The molecule has 3 aliphatic heterocycles. The molecule has 4 heterocycles. The molecule has 138 valence electrons. The third-order valence-electron chi connectivity index (χ3n) is 6.27. The Kier molecular flexibility index (Phi) is 4.67. The number of nitrogens with zero attached hydrogens (tertiary/aromatic N) is 4. The van der Waals surface area contributed by atoms with Gasteiger partial charge < -0.3 is 19.6 Å². The van der Waals surface area contributed by atoms with Crippen molar-refractivity contribution in [3.63, 3.8) is 0 Å². The molecule has 3 atom stereocenters. The van der Waals surface area contributed by atoms with Crippen LogP contribution in [-0.2, 0) is 0 Å². The van der Waals surface area contributed by atoms with E-state index < -0.39 is 0 Å². The van der Waals surface area contributed by atoms with E-state index in [1.54, 1.807) is 0 Å². The van der Waals surface area contributed by atoms with Gasteiger partial charge in [-0.2, -0.15) is 4.98 Å². The van der Waals surface area contributed by atoms with E-state index >= 15 is 0 Å². The van der Waals surface area contributed by atoms with Crippen LogP contribution in [0.4, 0.5) is 4.79 Å². The first kappa shape index (κ1) is 16.8. The van der Waals surface area contributed by atoms with E-state index in [0.29, 0.717) is 36.4 Å². The van der Waals surface area contributed by atoms with Crippen molar-refractivity contribution in [1.29, 1.82) is 0 Å². The lowest BCUT2D eigenvalue weighted by molar-refractivity contribution is 0.0489. The van der Waals surface area contributed by atoms with Gasteiger partial charge in [-0.1, -0.05) is 11.6 Å². The standard InChI is InChI=1S/C18H29N5O2/c1-12-19-17(25-21-12)13-5-4-8-23(11-13)18(24)20-14-9-15-6-3-7-16(10-14)22(15)2/h13-16H,3-11H2,1-2H3,(H,20,24). The fraction of sp³-hybridized carbons (Fsp3) is 0.833. The largest absolute Gasteiger partial charge is 0.339 e. The minimum absolute atomic E-state index is 0.0774. The number of carbonyl (C=O) groups excluding carboxylic acids is 1. The summed E-state index contributed by atoms with van der Waals surface area (Å²) < 4.78 is 5.32. The SMILES string of the molecule is Cc1noc(C2CCCN(C(=O)NC3CC4CCCC(C3)N4C)C2)n1. The summed E-state index contributed by atoms with van der Waals surface area (Å²) in [5, 5.41) is 7.19. The number of urea groups is 1. The Labute approximate surface area is 149 Å². The van der Waals surface area contributed by atoms with E-state index in [4.69, 9.17) is 4.52 Å². The number of nitrogens with one attached hydrogen (secondary N) is 1. The van der Waals surface area contributed by atoms with Crippen molar-refractivity contribution in [2.45, 2.75) is 75.9 Å². The first-order valence-electron chi connectivity index (χ1n) is 9.67. The van der Waals surface area contributed by atoms with Crippen molar-refractivity contribution in [1.82, 2.24) is 25.3 Å². The van der Waals surface area contributed by atoms with Gasteiger partial charge in [0.25, 0.3) is 0 Å². The maximum absolute atomic E-state index is 12.8. The van der Waals surface area contributed by atoms with Crippen molar-refractivity contribution in [2.24, 2.45) is 0 Å². The van der Waals surface area contributed by atoms with Crippen molar-refractivity contribution in [3.05, 3.63) is 11.7 Å². The van der Waals surface area contributed by atoms with Gasteiger partial charge in [0.1, 0.15) is 0 Å². The predicted molar refractivity (Wildman–Crippen MR) is 93.3 cm³/mol. The minimum Gasteiger partial charge on any atom is -0.339 e. The summed E-state index contributed by atoms with van der Waals surface area (Å²) in [6.45, 7) is 3.32. The van der Waals surface area contributed by atoms with Crippen LogP contribution in [0.3, 0.4) is 0 Å². The first-order valence-corrected chi connectivity index (χ1v) is 9.67. The Bertz CT molecular complexity index is 604. The van der Waals surface area contributed by atoms with Crippen molar-refractivity contribution >= 4 is 6.03 Å². The highest BCUT2D eigenvalue weighted by molar-refractivity contribution is 5.74. The van der Waals surface area contributed by atoms with Crippen LogP contribution < -0.4 is 5.32 Å². The molecule has 3 aliphatic rings. The molecular weight excluding hydrogens is 318 g/mol. The van der Waals surface area contributed by atoms with Gasteiger partial charge in [0, 0.05) is 31.2 Å². The highest BCUT2D eigenvalue weighted by Crippen LogP contribution is 2.33. The molecule has 2 amide bonds. The molecule has 2 bridgehead atoms. The van der Waals surface area contributed by atoms with Crippen LogP contribution in [0, 0.1) is 6.92 Å². The van der Waals surface area contributed by atoms with Gasteiger partial charge in [0.2, 0.25) is 5.89 Å². The quantitative estimate of drug-likeness (QED) is 0.888. The maximum Gasteiger partial charge on any atom is 0.317 e. The van der Waals surface area contributed by atoms with Crippen molar-refractivity contribution in [3.8, 4) is 0 Å². The summed E-state index contributed by atoms with van der Waals surface area (Å²) in [4.78, 5) is 21.6. The lowest BCUT2D eigenvalue weighted by atomic mass is 9.82. The van der Waals surface area contributed by atoms with Crippen molar-refractivity contribution < 1.29 is 9.32 Å². The number of hydrogen-bond donors (Lipinski definition) is 1. The van der Waals surface area contributed by atoms with Gasteiger partial charge in [-0.3, -0.25) is 0 Å². The molecule has 7 heteroatoms. The molecule has 0 aliphatic carbocycles. The number of aryl methyl sites for hydroxylation is 1. The number of fused-ring (bicyclic) bond motifs is 2. The van der Waals surface area contributed by atoms with Gasteiger partial charge in [-0.05, 0) is 52.5 Å². The van der Waals surface area contributed by atoms with Crippen LogP contribution >= 0.6 is 0 Å². The summed E-state index contributed by atoms with van der Waals surface area (Å²) in [6, 6.07) is 1.65. The molecule has 0 radical (unpaired) electrons. The predicted octanol–water partition coefficient (Wildman–Crippen LogP) is 2.28. The fourth-order valence-electron chi connectivity index (χ4n) is 4.84. The highest BCUT2D eigenvalue weighted by atomic mass is 16.5. The van der Waals surface area contributed by atoms with Gasteiger partial charge >= 0.3 is 6.03 Å². The zero-order valence-corrected chi connectivity index (χ0v) is 15.3. The van der Waals surface area contributed by atoms with Crippen LogP contribution in [0.15, 0.2) is 4.52 Å². The topological polar surface area (TPSA) is 74.5 Å². The Morgan fingerprint density at radius 3 is 2.64 bits per heavy atom. The number of aromatic nitrogens is 2. The number of rotatable bonds is 2. The Morgan fingerprint density at radius 2 is 1.96 bits per heavy atom. The molecule has 25 heavy (non-hydrogen) atoms. The molecule has 0 aromatic carbocycles. The average Bonchev–Trinajstić information content (AvgIpc) is 3.02.